The minimum Gasteiger partial charge on any atom is -0.463 e. The molecule has 12 nitrogen and oxygen atoms in total. The van der Waals surface area contributed by atoms with Crippen molar-refractivity contribution < 1.29 is 47.7 Å². The highest BCUT2D eigenvalue weighted by atomic mass is 16.6. The van der Waals surface area contributed by atoms with Crippen molar-refractivity contribution in [2.45, 2.75) is 45.3 Å². The summed E-state index contributed by atoms with van der Waals surface area (Å²) in [6.07, 6.45) is -1.38. The molecular weight excluding hydrogens is 500 g/mol. The van der Waals surface area contributed by atoms with E-state index in [1.165, 1.54) is 0 Å². The van der Waals surface area contributed by atoms with Crippen LogP contribution in [0.2, 0.25) is 0 Å². The zero-order valence-corrected chi connectivity index (χ0v) is 21.6. The number of rotatable bonds is 20. The van der Waals surface area contributed by atoms with Crippen molar-refractivity contribution in [2.24, 2.45) is 5.73 Å². The van der Waals surface area contributed by atoms with E-state index < -0.39 is 35.8 Å². The molecule has 1 atom stereocenters. The van der Waals surface area contributed by atoms with Crippen LogP contribution in [0.15, 0.2) is 42.5 Å². The Hall–Kier alpha value is -3.77. The second-order valence-corrected chi connectivity index (χ2v) is 8.09. The summed E-state index contributed by atoms with van der Waals surface area (Å²) in [7, 11) is 0. The first kappa shape index (κ1) is 32.3. The maximum atomic E-state index is 12.6. The molecule has 1 aromatic carbocycles. The molecule has 0 fully saturated rings. The lowest BCUT2D eigenvalue weighted by Crippen LogP contribution is -2.41. The van der Waals surface area contributed by atoms with E-state index in [2.05, 4.69) is 11.9 Å². The second-order valence-electron chi connectivity index (χ2n) is 8.09. The van der Waals surface area contributed by atoms with Crippen LogP contribution < -0.4 is 11.1 Å². The summed E-state index contributed by atoms with van der Waals surface area (Å²) in [5.74, 6) is -2.18. The number of carbonyl (C=O) groups excluding carboxylic acids is 5. The Labute approximate surface area is 221 Å². The highest BCUT2D eigenvalue weighted by Crippen LogP contribution is 2.07. The second kappa shape index (κ2) is 19.4. The van der Waals surface area contributed by atoms with Gasteiger partial charge in [0.25, 0.3) is 0 Å². The van der Waals surface area contributed by atoms with E-state index >= 15 is 0 Å². The van der Waals surface area contributed by atoms with E-state index in [4.69, 9.17) is 29.4 Å². The normalized spacial score (nSPS) is 11.2. The van der Waals surface area contributed by atoms with Crippen molar-refractivity contribution in [2.75, 3.05) is 39.6 Å². The molecule has 0 aromatic heterocycles. The third-order valence-electron chi connectivity index (χ3n) is 4.82. The molecule has 0 aliphatic rings. The first-order valence-corrected chi connectivity index (χ1v) is 12.1. The van der Waals surface area contributed by atoms with Crippen molar-refractivity contribution >= 4 is 29.7 Å². The fraction of sp³-hybridized carbons (Fsp3) is 0.500. The maximum absolute atomic E-state index is 12.6. The minimum absolute atomic E-state index is 0.00873. The van der Waals surface area contributed by atoms with E-state index in [9.17, 15) is 24.0 Å². The molecule has 0 unspecified atom stereocenters. The lowest BCUT2D eigenvalue weighted by atomic mass is 10.0. The van der Waals surface area contributed by atoms with Gasteiger partial charge in [0, 0.05) is 18.4 Å². The topological polar surface area (TPSA) is 170 Å². The average molecular weight is 537 g/mol. The van der Waals surface area contributed by atoms with Crippen LogP contribution in [0.25, 0.3) is 0 Å². The number of primary amides is 1. The number of hydrogen-bond donors (Lipinski definition) is 2. The van der Waals surface area contributed by atoms with Crippen LogP contribution in [-0.2, 0) is 49.5 Å². The van der Waals surface area contributed by atoms with Crippen LogP contribution in [0.1, 0.15) is 38.2 Å². The van der Waals surface area contributed by atoms with Gasteiger partial charge in [0.1, 0.15) is 19.8 Å². The predicted octanol–water partition coefficient (Wildman–Crippen LogP) is 1.59. The summed E-state index contributed by atoms with van der Waals surface area (Å²) in [6.45, 7) is 5.97. The van der Waals surface area contributed by atoms with Gasteiger partial charge in [-0.3, -0.25) is 14.4 Å². The van der Waals surface area contributed by atoms with Crippen molar-refractivity contribution in [1.82, 2.24) is 5.32 Å². The molecule has 0 heterocycles. The van der Waals surface area contributed by atoms with Crippen molar-refractivity contribution in [3.63, 3.8) is 0 Å². The summed E-state index contributed by atoms with van der Waals surface area (Å²) in [6, 6.07) is 7.94. The van der Waals surface area contributed by atoms with E-state index in [0.29, 0.717) is 5.57 Å². The Bertz CT molecular complexity index is 920. The summed E-state index contributed by atoms with van der Waals surface area (Å²) in [5, 5.41) is 2.43. The van der Waals surface area contributed by atoms with Crippen LogP contribution in [-0.4, -0.2) is 75.4 Å². The highest BCUT2D eigenvalue weighted by Gasteiger charge is 2.23. The molecule has 3 N–H and O–H groups in total. The third kappa shape index (κ3) is 16.1. The molecule has 1 aromatic rings. The summed E-state index contributed by atoms with van der Waals surface area (Å²) < 4.78 is 25.5. The standard InChI is InChI=1S/C26H36N2O10/c1-19(2)25(32)37-17-15-35-13-12-34-14-16-36-24(31)11-9-22(29)21(8-10-23(27)30)28-26(33)38-18-20-6-4-3-5-7-20/h3-7,21H,1,8-18H2,2H3,(H2,27,30)(H,28,33)/t21-/m0/s1. The van der Waals surface area contributed by atoms with Gasteiger partial charge in [-0.1, -0.05) is 36.9 Å². The summed E-state index contributed by atoms with van der Waals surface area (Å²) in [4.78, 5) is 59.0. The van der Waals surface area contributed by atoms with Crippen LogP contribution in [0.3, 0.4) is 0 Å². The molecule has 1 rings (SSSR count). The fourth-order valence-corrected chi connectivity index (χ4v) is 2.83. The summed E-state index contributed by atoms with van der Waals surface area (Å²) >= 11 is 0. The van der Waals surface area contributed by atoms with Gasteiger partial charge in [0.15, 0.2) is 5.78 Å². The van der Waals surface area contributed by atoms with Crippen molar-refractivity contribution in [1.29, 1.82) is 0 Å². The predicted molar refractivity (Wildman–Crippen MR) is 135 cm³/mol. The van der Waals surface area contributed by atoms with E-state index in [1.807, 2.05) is 6.07 Å². The molecule has 0 spiro atoms. The number of hydrogen-bond acceptors (Lipinski definition) is 10. The number of amides is 2. The lowest BCUT2D eigenvalue weighted by Gasteiger charge is -2.17. The molecular formula is C26H36N2O10. The number of Topliss-reactive ketones (excluding diaryl/α,β-unsaturated/α-hetero) is 1. The number of alkyl carbamates (subject to hydrolysis) is 1. The van der Waals surface area contributed by atoms with Gasteiger partial charge in [-0.05, 0) is 18.9 Å². The zero-order chi connectivity index (χ0) is 28.2. The van der Waals surface area contributed by atoms with Gasteiger partial charge in [0.05, 0.1) is 38.9 Å². The fourth-order valence-electron chi connectivity index (χ4n) is 2.83. The molecule has 210 valence electrons. The summed E-state index contributed by atoms with van der Waals surface area (Å²) in [5.41, 5.74) is 6.24. The number of nitrogens with one attached hydrogen (secondary N) is 1. The smallest absolute Gasteiger partial charge is 0.408 e. The molecule has 0 saturated heterocycles. The monoisotopic (exact) mass is 536 g/mol. The Morgan fingerprint density at radius 2 is 1.45 bits per heavy atom. The van der Waals surface area contributed by atoms with Gasteiger partial charge < -0.3 is 34.7 Å². The lowest BCUT2D eigenvalue weighted by molar-refractivity contribution is -0.146. The Morgan fingerprint density at radius 3 is 2.05 bits per heavy atom. The largest absolute Gasteiger partial charge is 0.463 e. The van der Waals surface area contributed by atoms with Gasteiger partial charge in [-0.25, -0.2) is 9.59 Å². The van der Waals surface area contributed by atoms with Gasteiger partial charge in [-0.15, -0.1) is 0 Å². The first-order valence-electron chi connectivity index (χ1n) is 12.1. The zero-order valence-electron chi connectivity index (χ0n) is 21.6. The number of ether oxygens (including phenoxy) is 5. The highest BCUT2D eigenvalue weighted by molar-refractivity contribution is 5.90. The first-order chi connectivity index (χ1) is 18.2. The number of nitrogens with two attached hydrogens (primary N) is 1. The molecule has 12 heteroatoms. The maximum Gasteiger partial charge on any atom is 0.408 e. The van der Waals surface area contributed by atoms with Crippen LogP contribution in [0.4, 0.5) is 4.79 Å². The SMILES string of the molecule is C=C(C)C(=O)OCCOCCOCCOC(=O)CCC(=O)[C@H](CCC(N)=O)NC(=O)OCc1ccccc1. The van der Waals surface area contributed by atoms with Crippen LogP contribution >= 0.6 is 0 Å². The Balaban J connectivity index is 2.23. The van der Waals surface area contributed by atoms with Crippen LogP contribution in [0, 0.1) is 0 Å². The Kier molecular flexibility index (Phi) is 16.4. The van der Waals surface area contributed by atoms with Crippen molar-refractivity contribution in [3.05, 3.63) is 48.0 Å². The molecule has 0 aliphatic carbocycles. The van der Waals surface area contributed by atoms with Gasteiger partial charge in [0.2, 0.25) is 5.91 Å². The van der Waals surface area contributed by atoms with Crippen molar-refractivity contribution in [3.8, 4) is 0 Å². The number of esters is 2. The van der Waals surface area contributed by atoms with Gasteiger partial charge in [-0.2, -0.15) is 0 Å². The molecule has 0 bridgehead atoms. The van der Waals surface area contributed by atoms with E-state index in [0.717, 1.165) is 5.56 Å². The number of benzene rings is 1. The number of carbonyl (C=O) groups is 5. The molecule has 0 saturated carbocycles. The quantitative estimate of drug-likeness (QED) is 0.108. The minimum atomic E-state index is -1.04. The third-order valence-corrected chi connectivity index (χ3v) is 4.82. The molecule has 2 amide bonds. The van der Waals surface area contributed by atoms with Crippen LogP contribution in [0.5, 0.6) is 0 Å². The van der Waals surface area contributed by atoms with E-state index in [-0.39, 0.29) is 71.9 Å². The molecule has 0 radical (unpaired) electrons. The Morgan fingerprint density at radius 1 is 0.842 bits per heavy atom. The number of ketones is 1. The molecule has 0 aliphatic heterocycles. The van der Waals surface area contributed by atoms with E-state index in [1.54, 1.807) is 31.2 Å². The average Bonchev–Trinajstić information content (AvgIpc) is 2.89. The molecule has 38 heavy (non-hydrogen) atoms. The van der Waals surface area contributed by atoms with Gasteiger partial charge >= 0.3 is 18.0 Å².